The van der Waals surface area contributed by atoms with Gasteiger partial charge in [-0.05, 0) is 31.0 Å². The number of halogens is 1. The Hall–Kier alpha value is -1.88. The maximum absolute atomic E-state index is 6.02. The Kier molecular flexibility index (Phi) is 3.44. The minimum Gasteiger partial charge on any atom is -0.312 e. The van der Waals surface area contributed by atoms with Crippen LogP contribution in [-0.4, -0.2) is 24.3 Å². The number of hydrogen-bond acceptors (Lipinski definition) is 3. The summed E-state index contributed by atoms with van der Waals surface area (Å²) in [7, 11) is 1.94. The zero-order valence-electron chi connectivity index (χ0n) is 11.5. The van der Waals surface area contributed by atoms with Crippen molar-refractivity contribution in [3.05, 3.63) is 41.6 Å². The van der Waals surface area contributed by atoms with E-state index in [-0.39, 0.29) is 0 Å². The monoisotopic (exact) mass is 289 g/mol. The molecule has 20 heavy (non-hydrogen) atoms. The maximum atomic E-state index is 6.02. The Labute approximate surface area is 122 Å². The molecule has 0 spiro atoms. The molecule has 3 aromatic heterocycles. The van der Waals surface area contributed by atoms with E-state index >= 15 is 0 Å². The summed E-state index contributed by atoms with van der Waals surface area (Å²) in [4.78, 5) is 8.64. The molecule has 3 heterocycles. The van der Waals surface area contributed by atoms with Crippen LogP contribution in [0.4, 0.5) is 0 Å². The highest BCUT2D eigenvalue weighted by Gasteiger charge is 2.16. The first-order valence-electron chi connectivity index (χ1n) is 6.54. The first kappa shape index (κ1) is 13.1. The molecule has 0 bridgehead atoms. The highest BCUT2D eigenvalue weighted by Crippen LogP contribution is 2.20. The van der Waals surface area contributed by atoms with Gasteiger partial charge < -0.3 is 4.57 Å². The molecule has 0 N–H and O–H groups in total. The van der Waals surface area contributed by atoms with Crippen LogP contribution in [0.3, 0.4) is 0 Å². The van der Waals surface area contributed by atoms with Crippen LogP contribution in [0.2, 0.25) is 0 Å². The second-order valence-corrected chi connectivity index (χ2v) is 5.07. The standard InChI is InChI=1S/C14H16ClN5/c1-10-13-14(19(2)18-10)20(12(9-15)17-13)8-5-11-3-6-16-7-4-11/h3-4,6-7H,5,8-9H2,1-2H3. The number of nitrogens with zero attached hydrogens (tertiary/aromatic N) is 5. The predicted molar refractivity (Wildman–Crippen MR) is 78.7 cm³/mol. The van der Waals surface area contributed by atoms with E-state index in [0.717, 1.165) is 35.6 Å². The van der Waals surface area contributed by atoms with E-state index in [1.54, 1.807) is 0 Å². The minimum atomic E-state index is 0.407. The molecule has 0 unspecified atom stereocenters. The van der Waals surface area contributed by atoms with Crippen molar-refractivity contribution in [1.29, 1.82) is 0 Å². The van der Waals surface area contributed by atoms with Gasteiger partial charge >= 0.3 is 0 Å². The van der Waals surface area contributed by atoms with Crippen LogP contribution in [0.5, 0.6) is 0 Å². The molecule has 3 aromatic rings. The van der Waals surface area contributed by atoms with Gasteiger partial charge in [-0.25, -0.2) is 4.98 Å². The topological polar surface area (TPSA) is 48.5 Å². The Morgan fingerprint density at radius 2 is 2.00 bits per heavy atom. The molecular weight excluding hydrogens is 274 g/mol. The van der Waals surface area contributed by atoms with E-state index in [0.29, 0.717) is 5.88 Å². The number of hydrogen-bond donors (Lipinski definition) is 0. The fourth-order valence-electron chi connectivity index (χ4n) is 2.51. The Morgan fingerprint density at radius 1 is 1.25 bits per heavy atom. The Morgan fingerprint density at radius 3 is 2.70 bits per heavy atom. The Balaban J connectivity index is 1.97. The molecule has 0 saturated carbocycles. The van der Waals surface area contributed by atoms with E-state index in [4.69, 9.17) is 11.6 Å². The van der Waals surface area contributed by atoms with E-state index in [1.807, 2.05) is 43.2 Å². The lowest BCUT2D eigenvalue weighted by molar-refractivity contribution is 0.651. The molecule has 6 heteroatoms. The van der Waals surface area contributed by atoms with Crippen LogP contribution in [0, 0.1) is 6.92 Å². The molecule has 0 fully saturated rings. The van der Waals surface area contributed by atoms with Crippen LogP contribution in [0.15, 0.2) is 24.5 Å². The van der Waals surface area contributed by atoms with E-state index in [1.165, 1.54) is 5.56 Å². The van der Waals surface area contributed by atoms with Gasteiger partial charge in [-0.3, -0.25) is 9.67 Å². The third-order valence-electron chi connectivity index (χ3n) is 3.46. The predicted octanol–water partition coefficient (Wildman–Crippen LogP) is 2.45. The zero-order valence-corrected chi connectivity index (χ0v) is 12.3. The van der Waals surface area contributed by atoms with Crippen molar-refractivity contribution in [2.24, 2.45) is 7.05 Å². The zero-order chi connectivity index (χ0) is 14.1. The molecule has 0 aromatic carbocycles. The Bertz CT molecular complexity index is 729. The highest BCUT2D eigenvalue weighted by molar-refractivity contribution is 6.16. The van der Waals surface area contributed by atoms with Gasteiger partial charge in [0.15, 0.2) is 5.65 Å². The lowest BCUT2D eigenvalue weighted by Crippen LogP contribution is -2.08. The third kappa shape index (κ3) is 2.18. The van der Waals surface area contributed by atoms with Gasteiger partial charge in [-0.15, -0.1) is 11.6 Å². The average Bonchev–Trinajstić information content (AvgIpc) is 2.96. The molecule has 5 nitrogen and oxygen atoms in total. The minimum absolute atomic E-state index is 0.407. The van der Waals surface area contributed by atoms with Crippen molar-refractivity contribution in [3.63, 3.8) is 0 Å². The van der Waals surface area contributed by atoms with Crippen LogP contribution >= 0.6 is 11.6 Å². The molecule has 0 saturated heterocycles. The SMILES string of the molecule is Cc1nn(C)c2c1nc(CCl)n2CCc1ccncc1. The van der Waals surface area contributed by atoms with Crippen molar-refractivity contribution < 1.29 is 0 Å². The molecule has 0 atom stereocenters. The van der Waals surface area contributed by atoms with Crippen molar-refractivity contribution in [2.75, 3.05) is 0 Å². The molecular formula is C14H16ClN5. The summed E-state index contributed by atoms with van der Waals surface area (Å²) in [5.41, 5.74) is 4.17. The fraction of sp³-hybridized carbons (Fsp3) is 0.357. The molecule has 0 aliphatic carbocycles. The van der Waals surface area contributed by atoms with Gasteiger partial charge in [0.1, 0.15) is 11.3 Å². The summed E-state index contributed by atoms with van der Waals surface area (Å²) in [6.45, 7) is 2.81. The largest absolute Gasteiger partial charge is 0.312 e. The quantitative estimate of drug-likeness (QED) is 0.693. The first-order valence-corrected chi connectivity index (χ1v) is 7.07. The lowest BCUT2D eigenvalue weighted by atomic mass is 10.2. The molecule has 3 rings (SSSR count). The number of imidazole rings is 1. The highest BCUT2D eigenvalue weighted by atomic mass is 35.5. The van der Waals surface area contributed by atoms with Crippen LogP contribution in [-0.2, 0) is 25.9 Å². The van der Waals surface area contributed by atoms with Crippen molar-refractivity contribution >= 4 is 22.8 Å². The summed E-state index contributed by atoms with van der Waals surface area (Å²) >= 11 is 6.02. The van der Waals surface area contributed by atoms with Gasteiger partial charge in [0, 0.05) is 26.0 Å². The van der Waals surface area contributed by atoms with E-state index < -0.39 is 0 Å². The number of pyridine rings is 1. The third-order valence-corrected chi connectivity index (χ3v) is 3.70. The molecule has 104 valence electrons. The molecule has 0 aliphatic rings. The number of fused-ring (bicyclic) bond motifs is 1. The van der Waals surface area contributed by atoms with Gasteiger partial charge in [-0.2, -0.15) is 5.10 Å². The fourth-order valence-corrected chi connectivity index (χ4v) is 2.71. The maximum Gasteiger partial charge on any atom is 0.158 e. The first-order chi connectivity index (χ1) is 9.70. The second-order valence-electron chi connectivity index (χ2n) is 4.80. The number of alkyl halides is 1. The van der Waals surface area contributed by atoms with Crippen molar-refractivity contribution in [1.82, 2.24) is 24.3 Å². The second kappa shape index (κ2) is 5.25. The molecule has 0 radical (unpaired) electrons. The van der Waals surface area contributed by atoms with Gasteiger partial charge in [-0.1, -0.05) is 0 Å². The molecule has 0 amide bonds. The van der Waals surface area contributed by atoms with E-state index in [2.05, 4.69) is 19.6 Å². The van der Waals surface area contributed by atoms with E-state index in [9.17, 15) is 0 Å². The lowest BCUT2D eigenvalue weighted by Gasteiger charge is -2.08. The summed E-state index contributed by atoms with van der Waals surface area (Å²) in [5, 5.41) is 4.42. The van der Waals surface area contributed by atoms with Gasteiger partial charge in [0.2, 0.25) is 0 Å². The number of rotatable bonds is 4. The summed E-state index contributed by atoms with van der Waals surface area (Å²) < 4.78 is 4.03. The van der Waals surface area contributed by atoms with Gasteiger partial charge in [0.05, 0.1) is 11.6 Å². The summed E-state index contributed by atoms with van der Waals surface area (Å²) in [6.07, 6.45) is 4.55. The summed E-state index contributed by atoms with van der Waals surface area (Å²) in [5.74, 6) is 1.30. The molecule has 0 aliphatic heterocycles. The smallest absolute Gasteiger partial charge is 0.158 e. The van der Waals surface area contributed by atoms with Crippen LogP contribution in [0.25, 0.3) is 11.2 Å². The van der Waals surface area contributed by atoms with Crippen LogP contribution < -0.4 is 0 Å². The normalized spacial score (nSPS) is 11.3. The number of aryl methyl sites for hydroxylation is 4. The van der Waals surface area contributed by atoms with Crippen molar-refractivity contribution in [3.8, 4) is 0 Å². The van der Waals surface area contributed by atoms with Gasteiger partial charge in [0.25, 0.3) is 0 Å². The van der Waals surface area contributed by atoms with Crippen LogP contribution in [0.1, 0.15) is 17.1 Å². The number of aromatic nitrogens is 5. The average molecular weight is 290 g/mol. The summed E-state index contributed by atoms with van der Waals surface area (Å²) in [6, 6.07) is 4.06. The van der Waals surface area contributed by atoms with Crippen molar-refractivity contribution in [2.45, 2.75) is 25.8 Å².